The molecule has 0 fully saturated rings. The first-order valence-corrected chi connectivity index (χ1v) is 7.40. The number of carbonyl (C=O) groups is 1. The fraction of sp³-hybridized carbons (Fsp3) is 0.0526. The number of carbonyl (C=O) groups excluding carboxylic acids is 1. The first-order valence-electron chi connectivity index (χ1n) is 7.40. The van der Waals surface area contributed by atoms with Gasteiger partial charge in [0.25, 0.3) is 5.91 Å². The molecular formula is C19H17N3O. The SMILES string of the molecule is O=C(Nc1ccccc1)c1cncc(NCc2ccccc2)c1. The van der Waals surface area contributed by atoms with Crippen LogP contribution in [0.1, 0.15) is 15.9 Å². The van der Waals surface area contributed by atoms with Crippen molar-refractivity contribution in [3.63, 3.8) is 0 Å². The Morgan fingerprint density at radius 2 is 1.57 bits per heavy atom. The largest absolute Gasteiger partial charge is 0.380 e. The summed E-state index contributed by atoms with van der Waals surface area (Å²) in [5, 5.41) is 6.13. The van der Waals surface area contributed by atoms with Gasteiger partial charge in [-0.3, -0.25) is 9.78 Å². The number of anilines is 2. The number of pyridine rings is 1. The monoisotopic (exact) mass is 303 g/mol. The van der Waals surface area contributed by atoms with Crippen LogP contribution in [0, 0.1) is 0 Å². The minimum absolute atomic E-state index is 0.174. The molecule has 0 radical (unpaired) electrons. The summed E-state index contributed by atoms with van der Waals surface area (Å²) in [6.45, 7) is 0.687. The summed E-state index contributed by atoms with van der Waals surface area (Å²) in [7, 11) is 0. The molecule has 0 bridgehead atoms. The molecule has 3 rings (SSSR count). The summed E-state index contributed by atoms with van der Waals surface area (Å²) in [5.41, 5.74) is 3.27. The van der Waals surface area contributed by atoms with Crippen molar-refractivity contribution >= 4 is 17.3 Å². The van der Waals surface area contributed by atoms with E-state index in [1.807, 2.05) is 60.7 Å². The van der Waals surface area contributed by atoms with Gasteiger partial charge in [0.1, 0.15) is 0 Å². The average molecular weight is 303 g/mol. The van der Waals surface area contributed by atoms with Gasteiger partial charge < -0.3 is 10.6 Å². The number of hydrogen-bond acceptors (Lipinski definition) is 3. The summed E-state index contributed by atoms with van der Waals surface area (Å²) >= 11 is 0. The van der Waals surface area contributed by atoms with Crippen molar-refractivity contribution in [2.45, 2.75) is 6.54 Å². The molecule has 4 heteroatoms. The standard InChI is InChI=1S/C19H17N3O/c23-19(22-17-9-5-2-6-10-17)16-11-18(14-20-13-16)21-12-15-7-3-1-4-8-15/h1-11,13-14,21H,12H2,(H,22,23). The summed E-state index contributed by atoms with van der Waals surface area (Å²) in [4.78, 5) is 16.4. The zero-order chi connectivity index (χ0) is 15.9. The first kappa shape index (κ1) is 14.8. The maximum absolute atomic E-state index is 12.3. The molecule has 1 aromatic heterocycles. The molecule has 2 aromatic carbocycles. The number of nitrogens with one attached hydrogen (secondary N) is 2. The molecule has 0 spiro atoms. The van der Waals surface area contributed by atoms with Crippen LogP contribution >= 0.6 is 0 Å². The van der Waals surface area contributed by atoms with Crippen LogP contribution in [0.25, 0.3) is 0 Å². The maximum atomic E-state index is 12.3. The van der Waals surface area contributed by atoms with E-state index in [2.05, 4.69) is 15.6 Å². The highest BCUT2D eigenvalue weighted by atomic mass is 16.1. The Kier molecular flexibility index (Phi) is 4.64. The molecule has 4 nitrogen and oxygen atoms in total. The lowest BCUT2D eigenvalue weighted by Crippen LogP contribution is -2.12. The highest BCUT2D eigenvalue weighted by Crippen LogP contribution is 2.13. The van der Waals surface area contributed by atoms with Crippen LogP contribution < -0.4 is 10.6 Å². The van der Waals surface area contributed by atoms with E-state index in [9.17, 15) is 4.79 Å². The van der Waals surface area contributed by atoms with Crippen molar-refractivity contribution in [3.8, 4) is 0 Å². The van der Waals surface area contributed by atoms with E-state index >= 15 is 0 Å². The Morgan fingerprint density at radius 3 is 2.30 bits per heavy atom. The fourth-order valence-electron chi connectivity index (χ4n) is 2.19. The van der Waals surface area contributed by atoms with Gasteiger partial charge in [0.05, 0.1) is 11.3 Å². The van der Waals surface area contributed by atoms with E-state index in [4.69, 9.17) is 0 Å². The molecule has 3 aromatic rings. The highest BCUT2D eigenvalue weighted by molar-refractivity contribution is 6.04. The number of rotatable bonds is 5. The number of hydrogen-bond donors (Lipinski definition) is 2. The lowest BCUT2D eigenvalue weighted by Gasteiger charge is -2.08. The number of nitrogens with zero attached hydrogens (tertiary/aromatic N) is 1. The lowest BCUT2D eigenvalue weighted by molar-refractivity contribution is 0.102. The summed E-state index contributed by atoms with van der Waals surface area (Å²) in [6.07, 6.45) is 3.27. The summed E-state index contributed by atoms with van der Waals surface area (Å²) < 4.78 is 0. The Bertz CT molecular complexity index is 773. The van der Waals surface area contributed by atoms with E-state index < -0.39 is 0 Å². The van der Waals surface area contributed by atoms with Crippen LogP contribution in [0.5, 0.6) is 0 Å². The average Bonchev–Trinajstić information content (AvgIpc) is 2.62. The predicted octanol–water partition coefficient (Wildman–Crippen LogP) is 3.95. The van der Waals surface area contributed by atoms with Crippen molar-refractivity contribution < 1.29 is 4.79 Å². The van der Waals surface area contributed by atoms with Crippen molar-refractivity contribution in [1.29, 1.82) is 0 Å². The molecule has 0 saturated carbocycles. The molecule has 0 atom stereocenters. The zero-order valence-corrected chi connectivity index (χ0v) is 12.6. The quantitative estimate of drug-likeness (QED) is 0.750. The molecule has 0 aliphatic carbocycles. The normalized spacial score (nSPS) is 10.1. The van der Waals surface area contributed by atoms with Crippen LogP contribution in [0.15, 0.2) is 79.1 Å². The Labute approximate surface area is 135 Å². The Hall–Kier alpha value is -3.14. The molecule has 1 heterocycles. The molecule has 2 N–H and O–H groups in total. The van der Waals surface area contributed by atoms with Gasteiger partial charge in [-0.1, -0.05) is 48.5 Å². The van der Waals surface area contributed by atoms with E-state index in [1.54, 1.807) is 18.5 Å². The number of para-hydroxylation sites is 1. The van der Waals surface area contributed by atoms with E-state index in [0.29, 0.717) is 12.1 Å². The third-order valence-electron chi connectivity index (χ3n) is 3.37. The van der Waals surface area contributed by atoms with Crippen molar-refractivity contribution in [2.75, 3.05) is 10.6 Å². The minimum atomic E-state index is -0.174. The Morgan fingerprint density at radius 1 is 0.870 bits per heavy atom. The van der Waals surface area contributed by atoms with E-state index in [-0.39, 0.29) is 5.91 Å². The molecule has 0 aliphatic rings. The van der Waals surface area contributed by atoms with Gasteiger partial charge >= 0.3 is 0 Å². The van der Waals surface area contributed by atoms with Gasteiger partial charge in [-0.15, -0.1) is 0 Å². The van der Waals surface area contributed by atoms with Crippen LogP contribution in [0.4, 0.5) is 11.4 Å². The topological polar surface area (TPSA) is 54.0 Å². The van der Waals surface area contributed by atoms with Gasteiger partial charge in [-0.2, -0.15) is 0 Å². The van der Waals surface area contributed by atoms with Crippen LogP contribution in [0.2, 0.25) is 0 Å². The minimum Gasteiger partial charge on any atom is -0.380 e. The molecule has 0 unspecified atom stereocenters. The lowest BCUT2D eigenvalue weighted by atomic mass is 10.2. The molecule has 23 heavy (non-hydrogen) atoms. The van der Waals surface area contributed by atoms with Crippen molar-refractivity contribution in [3.05, 3.63) is 90.3 Å². The second-order valence-electron chi connectivity index (χ2n) is 5.12. The van der Waals surface area contributed by atoms with Crippen LogP contribution in [-0.2, 0) is 6.54 Å². The number of benzene rings is 2. The highest BCUT2D eigenvalue weighted by Gasteiger charge is 2.07. The summed E-state index contributed by atoms with van der Waals surface area (Å²) in [6, 6.07) is 21.2. The zero-order valence-electron chi connectivity index (χ0n) is 12.6. The second-order valence-corrected chi connectivity index (χ2v) is 5.12. The number of amides is 1. The van der Waals surface area contributed by atoms with Crippen molar-refractivity contribution in [1.82, 2.24) is 4.98 Å². The third kappa shape index (κ3) is 4.17. The third-order valence-corrected chi connectivity index (χ3v) is 3.37. The number of aromatic nitrogens is 1. The second kappa shape index (κ2) is 7.22. The maximum Gasteiger partial charge on any atom is 0.257 e. The van der Waals surface area contributed by atoms with Gasteiger partial charge in [0, 0.05) is 24.6 Å². The molecular weight excluding hydrogens is 286 g/mol. The Balaban J connectivity index is 1.66. The van der Waals surface area contributed by atoms with Gasteiger partial charge in [0.2, 0.25) is 0 Å². The van der Waals surface area contributed by atoms with E-state index in [0.717, 1.165) is 11.4 Å². The first-order chi connectivity index (χ1) is 11.3. The van der Waals surface area contributed by atoms with Crippen LogP contribution in [-0.4, -0.2) is 10.9 Å². The molecule has 114 valence electrons. The molecule has 1 amide bonds. The smallest absolute Gasteiger partial charge is 0.257 e. The van der Waals surface area contributed by atoms with Crippen molar-refractivity contribution in [2.24, 2.45) is 0 Å². The summed E-state index contributed by atoms with van der Waals surface area (Å²) in [5.74, 6) is -0.174. The van der Waals surface area contributed by atoms with Crippen LogP contribution in [0.3, 0.4) is 0 Å². The van der Waals surface area contributed by atoms with Gasteiger partial charge in [-0.05, 0) is 23.8 Å². The fourth-order valence-corrected chi connectivity index (χ4v) is 2.19. The van der Waals surface area contributed by atoms with Gasteiger partial charge in [-0.25, -0.2) is 0 Å². The molecule has 0 aliphatic heterocycles. The van der Waals surface area contributed by atoms with E-state index in [1.165, 1.54) is 5.56 Å². The predicted molar refractivity (Wildman–Crippen MR) is 92.4 cm³/mol. The van der Waals surface area contributed by atoms with Gasteiger partial charge in [0.15, 0.2) is 0 Å². The molecule has 0 saturated heterocycles.